The van der Waals surface area contributed by atoms with Crippen LogP contribution in [-0.2, 0) is 17.7 Å². The molecule has 4 heteroatoms. The molecule has 1 aliphatic rings. The van der Waals surface area contributed by atoms with Crippen molar-refractivity contribution < 1.29 is 9.84 Å². The van der Waals surface area contributed by atoms with Gasteiger partial charge in [-0.25, -0.2) is 0 Å². The van der Waals surface area contributed by atoms with Crippen molar-refractivity contribution in [3.8, 4) is 0 Å². The van der Waals surface area contributed by atoms with Crippen LogP contribution in [0.3, 0.4) is 0 Å². The van der Waals surface area contributed by atoms with Gasteiger partial charge in [0.05, 0.1) is 22.6 Å². The van der Waals surface area contributed by atoms with Gasteiger partial charge in [0.15, 0.2) is 0 Å². The summed E-state index contributed by atoms with van der Waals surface area (Å²) < 4.78 is 8.03. The number of aryl methyl sites for hydroxylation is 2. The Hall–Kier alpha value is -0.870. The minimum atomic E-state index is -0.528. The van der Waals surface area contributed by atoms with Crippen molar-refractivity contribution in [2.24, 2.45) is 5.92 Å². The predicted octanol–water partition coefficient (Wildman–Crippen LogP) is 3.09. The highest BCUT2D eigenvalue weighted by molar-refractivity contribution is 5.16. The van der Waals surface area contributed by atoms with E-state index in [0.717, 1.165) is 30.8 Å². The van der Waals surface area contributed by atoms with Crippen molar-refractivity contribution in [3.63, 3.8) is 0 Å². The molecule has 20 heavy (non-hydrogen) atoms. The second kappa shape index (κ2) is 5.15. The van der Waals surface area contributed by atoms with Gasteiger partial charge in [0.25, 0.3) is 0 Å². The summed E-state index contributed by atoms with van der Waals surface area (Å²) >= 11 is 0. The molecule has 1 aromatic heterocycles. The molecule has 2 unspecified atom stereocenters. The van der Waals surface area contributed by atoms with Gasteiger partial charge in [-0.15, -0.1) is 0 Å². The Kier molecular flexibility index (Phi) is 4.00. The monoisotopic (exact) mass is 280 g/mol. The van der Waals surface area contributed by atoms with E-state index < -0.39 is 6.10 Å². The molecule has 1 saturated heterocycles. The minimum absolute atomic E-state index is 0.0872. The number of hydrogen-bond donors (Lipinski definition) is 1. The summed E-state index contributed by atoms with van der Waals surface area (Å²) in [5.41, 5.74) is 1.46. The van der Waals surface area contributed by atoms with Crippen LogP contribution in [0.4, 0.5) is 0 Å². The van der Waals surface area contributed by atoms with Crippen molar-refractivity contribution in [1.82, 2.24) is 9.78 Å². The summed E-state index contributed by atoms with van der Waals surface area (Å²) in [5.74, 6) is 0.0872. The highest BCUT2D eigenvalue weighted by atomic mass is 16.5. The van der Waals surface area contributed by atoms with Gasteiger partial charge in [-0.2, -0.15) is 5.10 Å². The number of ether oxygens (including phenoxy) is 1. The van der Waals surface area contributed by atoms with Gasteiger partial charge in [0, 0.05) is 12.5 Å². The van der Waals surface area contributed by atoms with E-state index >= 15 is 0 Å². The largest absolute Gasteiger partial charge is 0.386 e. The molecule has 2 rings (SSSR count). The number of hydrogen-bond acceptors (Lipinski definition) is 3. The Labute approximate surface area is 122 Å². The summed E-state index contributed by atoms with van der Waals surface area (Å²) in [6, 6.07) is 2.04. The summed E-state index contributed by atoms with van der Waals surface area (Å²) in [4.78, 5) is 0. The molecule has 114 valence electrons. The normalized spacial score (nSPS) is 25.9. The van der Waals surface area contributed by atoms with E-state index in [4.69, 9.17) is 4.74 Å². The SMILES string of the molecule is CCc1cc(C(O)C2CC(C)(C)OC2(C)C)n(CC)n1. The number of rotatable bonds is 4. The molecular weight excluding hydrogens is 252 g/mol. The van der Waals surface area contributed by atoms with Crippen LogP contribution in [0.2, 0.25) is 0 Å². The maximum atomic E-state index is 10.9. The third-order valence-corrected chi connectivity index (χ3v) is 4.35. The van der Waals surface area contributed by atoms with Crippen LogP contribution >= 0.6 is 0 Å². The van der Waals surface area contributed by atoms with Gasteiger partial charge < -0.3 is 9.84 Å². The van der Waals surface area contributed by atoms with Crippen LogP contribution in [0.25, 0.3) is 0 Å². The molecule has 0 saturated carbocycles. The molecule has 0 aromatic carbocycles. The van der Waals surface area contributed by atoms with Gasteiger partial charge >= 0.3 is 0 Å². The third kappa shape index (κ3) is 2.77. The highest BCUT2D eigenvalue weighted by Crippen LogP contribution is 2.47. The average molecular weight is 280 g/mol. The Morgan fingerprint density at radius 2 is 2.05 bits per heavy atom. The number of aromatic nitrogens is 2. The molecule has 2 heterocycles. The maximum Gasteiger partial charge on any atom is 0.101 e. The highest BCUT2D eigenvalue weighted by Gasteiger charge is 2.49. The van der Waals surface area contributed by atoms with E-state index in [1.165, 1.54) is 0 Å². The predicted molar refractivity (Wildman–Crippen MR) is 79.6 cm³/mol. The van der Waals surface area contributed by atoms with Crippen molar-refractivity contribution in [2.75, 3.05) is 0 Å². The van der Waals surface area contributed by atoms with Gasteiger partial charge in [0.1, 0.15) is 6.10 Å². The fraction of sp³-hybridized carbons (Fsp3) is 0.812. The fourth-order valence-electron chi connectivity index (χ4n) is 3.45. The quantitative estimate of drug-likeness (QED) is 0.922. The Morgan fingerprint density at radius 1 is 1.40 bits per heavy atom. The number of aliphatic hydroxyl groups excluding tert-OH is 1. The molecule has 4 nitrogen and oxygen atoms in total. The average Bonchev–Trinajstić information content (AvgIpc) is 2.85. The zero-order chi connectivity index (χ0) is 15.1. The molecule has 1 fully saturated rings. The van der Waals surface area contributed by atoms with Crippen molar-refractivity contribution in [1.29, 1.82) is 0 Å². The van der Waals surface area contributed by atoms with Crippen molar-refractivity contribution in [2.45, 2.75) is 78.2 Å². The first-order valence-corrected chi connectivity index (χ1v) is 7.65. The first kappa shape index (κ1) is 15.5. The van der Waals surface area contributed by atoms with Crippen LogP contribution in [-0.4, -0.2) is 26.1 Å². The van der Waals surface area contributed by atoms with Gasteiger partial charge in [0.2, 0.25) is 0 Å². The van der Waals surface area contributed by atoms with E-state index in [1.807, 2.05) is 10.7 Å². The maximum absolute atomic E-state index is 10.9. The van der Waals surface area contributed by atoms with Crippen molar-refractivity contribution >= 4 is 0 Å². The molecule has 1 aliphatic heterocycles. The molecule has 0 aliphatic carbocycles. The molecule has 2 atom stereocenters. The van der Waals surface area contributed by atoms with Gasteiger partial charge in [-0.3, -0.25) is 4.68 Å². The molecule has 0 bridgehead atoms. The van der Waals surface area contributed by atoms with Gasteiger partial charge in [-0.1, -0.05) is 6.92 Å². The molecule has 1 N–H and O–H groups in total. The fourth-order valence-corrected chi connectivity index (χ4v) is 3.45. The van der Waals surface area contributed by atoms with Crippen molar-refractivity contribution in [3.05, 3.63) is 17.5 Å². The molecule has 0 spiro atoms. The number of nitrogens with zero attached hydrogens (tertiary/aromatic N) is 2. The van der Waals surface area contributed by atoms with E-state index in [-0.39, 0.29) is 17.1 Å². The van der Waals surface area contributed by atoms with E-state index in [1.54, 1.807) is 0 Å². The second-order valence-corrected chi connectivity index (χ2v) is 6.95. The lowest BCUT2D eigenvalue weighted by molar-refractivity contribution is -0.0887. The zero-order valence-corrected chi connectivity index (χ0v) is 13.6. The Bertz CT molecular complexity index is 477. The molecule has 0 radical (unpaired) electrons. The topological polar surface area (TPSA) is 47.3 Å². The lowest BCUT2D eigenvalue weighted by Gasteiger charge is -2.30. The summed E-state index contributed by atoms with van der Waals surface area (Å²) in [6.07, 6.45) is 1.22. The zero-order valence-electron chi connectivity index (χ0n) is 13.6. The molecular formula is C16H28N2O2. The van der Waals surface area contributed by atoms with Gasteiger partial charge in [-0.05, 0) is 53.5 Å². The Morgan fingerprint density at radius 3 is 2.50 bits per heavy atom. The summed E-state index contributed by atoms with van der Waals surface area (Å²) in [5, 5.41) is 15.4. The standard InChI is InChI=1S/C16H28N2O2/c1-7-11-9-13(18(8-2)17-11)14(19)12-10-15(3,4)20-16(12,5)6/h9,12,14,19H,7-8,10H2,1-6H3. The van der Waals surface area contributed by atoms with E-state index in [0.29, 0.717) is 0 Å². The minimum Gasteiger partial charge on any atom is -0.386 e. The van der Waals surface area contributed by atoms with E-state index in [2.05, 4.69) is 46.6 Å². The van der Waals surface area contributed by atoms with Crippen LogP contribution in [0.5, 0.6) is 0 Å². The smallest absolute Gasteiger partial charge is 0.101 e. The van der Waals surface area contributed by atoms with Crippen LogP contribution in [0.1, 0.15) is 65.5 Å². The van der Waals surface area contributed by atoms with E-state index in [9.17, 15) is 5.11 Å². The second-order valence-electron chi connectivity index (χ2n) is 6.95. The van der Waals surface area contributed by atoms with Crippen LogP contribution in [0.15, 0.2) is 6.07 Å². The Balaban J connectivity index is 2.31. The lowest BCUT2D eigenvalue weighted by atomic mass is 9.82. The third-order valence-electron chi connectivity index (χ3n) is 4.35. The number of aliphatic hydroxyl groups is 1. The summed E-state index contributed by atoms with van der Waals surface area (Å²) in [6.45, 7) is 13.3. The lowest BCUT2D eigenvalue weighted by Crippen LogP contribution is -2.33. The molecule has 0 amide bonds. The summed E-state index contributed by atoms with van der Waals surface area (Å²) in [7, 11) is 0. The first-order valence-electron chi connectivity index (χ1n) is 7.65. The van der Waals surface area contributed by atoms with Crippen LogP contribution < -0.4 is 0 Å². The first-order chi connectivity index (χ1) is 9.20. The molecule has 1 aromatic rings. The van der Waals surface area contributed by atoms with Crippen LogP contribution in [0, 0.1) is 5.92 Å².